The number of hydrogen-bond acceptors (Lipinski definition) is 8. The summed E-state index contributed by atoms with van der Waals surface area (Å²) in [6.07, 6.45) is -1.18. The van der Waals surface area contributed by atoms with Gasteiger partial charge in [0.05, 0.1) is 18.6 Å². The molecule has 29 heavy (non-hydrogen) atoms. The van der Waals surface area contributed by atoms with E-state index < -0.39 is 37.3 Å². The summed E-state index contributed by atoms with van der Waals surface area (Å²) in [7, 11) is 0. The van der Waals surface area contributed by atoms with E-state index in [0.29, 0.717) is 12.3 Å². The van der Waals surface area contributed by atoms with Crippen LogP contribution in [0.15, 0.2) is 11.6 Å². The van der Waals surface area contributed by atoms with Gasteiger partial charge in [0.25, 0.3) is 0 Å². The molecule has 3 aliphatic rings. The van der Waals surface area contributed by atoms with Crippen LogP contribution in [0.2, 0.25) is 0 Å². The highest BCUT2D eigenvalue weighted by atomic mass is 16.7. The van der Waals surface area contributed by atoms with Crippen molar-refractivity contribution in [3.63, 3.8) is 0 Å². The van der Waals surface area contributed by atoms with E-state index in [1.54, 1.807) is 0 Å². The summed E-state index contributed by atoms with van der Waals surface area (Å²) in [6.45, 7) is 5.47. The maximum atomic E-state index is 11.8. The van der Waals surface area contributed by atoms with Gasteiger partial charge in [-0.1, -0.05) is 25.5 Å². The molecular weight excluding hydrogens is 380 g/mol. The van der Waals surface area contributed by atoms with Gasteiger partial charge in [0.15, 0.2) is 6.29 Å². The molecule has 2 saturated heterocycles. The third kappa shape index (κ3) is 4.84. The molecule has 0 spiro atoms. The van der Waals surface area contributed by atoms with Crippen molar-refractivity contribution in [2.45, 2.75) is 89.4 Å². The van der Waals surface area contributed by atoms with Crippen molar-refractivity contribution in [3.8, 4) is 0 Å². The molecule has 0 aromatic heterocycles. The minimum Gasteiger partial charge on any atom is -0.462 e. The van der Waals surface area contributed by atoms with Crippen LogP contribution in [0.3, 0.4) is 0 Å². The average molecular weight is 414 g/mol. The second kappa shape index (κ2) is 9.41. The monoisotopic (exact) mass is 414 g/mol. The number of carbonyl (C=O) groups excluding carboxylic acids is 1. The number of carbonyl (C=O) groups is 1. The first kappa shape index (κ1) is 22.7. The van der Waals surface area contributed by atoms with E-state index in [0.717, 1.165) is 19.3 Å². The van der Waals surface area contributed by atoms with E-state index >= 15 is 0 Å². The second-order valence-electron chi connectivity index (χ2n) is 8.76. The molecule has 8 nitrogen and oxygen atoms in total. The largest absolute Gasteiger partial charge is 0.462 e. The molecule has 0 amide bonds. The smallest absolute Gasteiger partial charge is 0.309 e. The number of hydrogen-bond donors (Lipinski definition) is 4. The molecule has 2 fully saturated rings. The zero-order valence-corrected chi connectivity index (χ0v) is 17.3. The van der Waals surface area contributed by atoms with Gasteiger partial charge in [-0.25, -0.2) is 0 Å². The normalized spacial score (nSPS) is 43.9. The lowest BCUT2D eigenvalue weighted by molar-refractivity contribution is -0.310. The zero-order valence-electron chi connectivity index (χ0n) is 17.3. The lowest BCUT2D eigenvalue weighted by Gasteiger charge is -2.40. The summed E-state index contributed by atoms with van der Waals surface area (Å²) in [5.74, 6) is 0.398. The van der Waals surface area contributed by atoms with E-state index in [1.165, 1.54) is 5.57 Å². The van der Waals surface area contributed by atoms with Gasteiger partial charge >= 0.3 is 5.97 Å². The molecule has 2 heterocycles. The van der Waals surface area contributed by atoms with Crippen LogP contribution in [0.4, 0.5) is 0 Å². The first-order valence-corrected chi connectivity index (χ1v) is 10.6. The first-order valence-electron chi connectivity index (χ1n) is 10.6. The van der Waals surface area contributed by atoms with Crippen molar-refractivity contribution in [1.82, 2.24) is 0 Å². The van der Waals surface area contributed by atoms with Gasteiger partial charge in [0, 0.05) is 5.92 Å². The minimum atomic E-state index is -1.44. The minimum absolute atomic E-state index is 0.0101. The highest BCUT2D eigenvalue weighted by Gasteiger charge is 2.45. The Morgan fingerprint density at radius 2 is 1.93 bits per heavy atom. The predicted molar refractivity (Wildman–Crippen MR) is 103 cm³/mol. The summed E-state index contributed by atoms with van der Waals surface area (Å²) in [5.41, 5.74) is 1.31. The molecule has 0 aromatic carbocycles. The third-order valence-electron chi connectivity index (χ3n) is 6.68. The molecule has 166 valence electrons. The van der Waals surface area contributed by atoms with Crippen LogP contribution >= 0.6 is 0 Å². The average Bonchev–Trinajstić information content (AvgIpc) is 2.85. The number of rotatable bonds is 6. The number of fused-ring (bicyclic) bond motifs is 1. The molecule has 1 aliphatic carbocycles. The standard InChI is InChI=1S/C21H34O8/c1-10-8-15-14(12(3)20(26)28-15)7-6-13(10)5-4-11(2)27-21-19(25)18(24)17(23)16(9-22)29-21/h6,10-12,14-19,21-25H,4-5,7-9H2,1-3H3. The van der Waals surface area contributed by atoms with Crippen LogP contribution in [0.1, 0.15) is 46.5 Å². The summed E-state index contributed by atoms with van der Waals surface area (Å²) >= 11 is 0. The zero-order chi connectivity index (χ0) is 21.3. The van der Waals surface area contributed by atoms with Gasteiger partial charge in [-0.15, -0.1) is 0 Å². The molecule has 3 rings (SSSR count). The van der Waals surface area contributed by atoms with E-state index in [9.17, 15) is 25.2 Å². The fourth-order valence-corrected chi connectivity index (χ4v) is 4.60. The van der Waals surface area contributed by atoms with Crippen LogP contribution in [-0.2, 0) is 19.0 Å². The Bertz CT molecular complexity index is 605. The summed E-state index contributed by atoms with van der Waals surface area (Å²) < 4.78 is 16.7. The molecule has 0 bridgehead atoms. The molecule has 0 saturated carbocycles. The highest BCUT2D eigenvalue weighted by molar-refractivity contribution is 5.74. The molecule has 8 heteroatoms. The van der Waals surface area contributed by atoms with Crippen molar-refractivity contribution in [2.75, 3.05) is 6.61 Å². The molecule has 10 atom stereocenters. The van der Waals surface area contributed by atoms with Crippen LogP contribution in [0.25, 0.3) is 0 Å². The summed E-state index contributed by atoms with van der Waals surface area (Å²) in [4.78, 5) is 11.8. The van der Waals surface area contributed by atoms with Gasteiger partial charge in [-0.05, 0) is 38.5 Å². The van der Waals surface area contributed by atoms with Gasteiger partial charge < -0.3 is 34.6 Å². The fraction of sp³-hybridized carbons (Fsp3) is 0.857. The SMILES string of the molecule is CC(CCC1=CCC2C(CC1C)OC(=O)C2C)OC1OC(CO)C(O)C(O)C1O. The van der Waals surface area contributed by atoms with Crippen LogP contribution in [0, 0.1) is 17.8 Å². The topological polar surface area (TPSA) is 126 Å². The maximum absolute atomic E-state index is 11.8. The van der Waals surface area contributed by atoms with Crippen molar-refractivity contribution >= 4 is 5.97 Å². The summed E-state index contributed by atoms with van der Waals surface area (Å²) in [5, 5.41) is 39.1. The molecule has 4 N–H and O–H groups in total. The second-order valence-corrected chi connectivity index (χ2v) is 8.76. The quantitative estimate of drug-likeness (QED) is 0.366. The van der Waals surface area contributed by atoms with E-state index in [1.807, 2.05) is 13.8 Å². The first-order chi connectivity index (χ1) is 13.7. The number of aliphatic hydroxyl groups is 4. The molecule has 0 aromatic rings. The Morgan fingerprint density at radius 3 is 2.62 bits per heavy atom. The Balaban J connectivity index is 1.53. The van der Waals surface area contributed by atoms with Crippen molar-refractivity contribution in [2.24, 2.45) is 17.8 Å². The maximum Gasteiger partial charge on any atom is 0.309 e. The van der Waals surface area contributed by atoms with Crippen molar-refractivity contribution < 1.29 is 39.4 Å². The van der Waals surface area contributed by atoms with Gasteiger partial charge in [-0.2, -0.15) is 0 Å². The number of esters is 1. The van der Waals surface area contributed by atoms with Crippen molar-refractivity contribution in [3.05, 3.63) is 11.6 Å². The van der Waals surface area contributed by atoms with Crippen molar-refractivity contribution in [1.29, 1.82) is 0 Å². The number of ether oxygens (including phenoxy) is 3. The van der Waals surface area contributed by atoms with E-state index in [4.69, 9.17) is 14.2 Å². The number of aliphatic hydroxyl groups excluding tert-OH is 4. The molecule has 2 aliphatic heterocycles. The molecular formula is C21H34O8. The predicted octanol–water partition coefficient (Wildman–Crippen LogP) is 0.506. The van der Waals surface area contributed by atoms with E-state index in [2.05, 4.69) is 13.0 Å². The summed E-state index contributed by atoms with van der Waals surface area (Å²) in [6, 6.07) is 0. The van der Waals surface area contributed by atoms with Crippen LogP contribution in [0.5, 0.6) is 0 Å². The highest BCUT2D eigenvalue weighted by Crippen LogP contribution is 2.40. The Morgan fingerprint density at radius 1 is 1.21 bits per heavy atom. The van der Waals surface area contributed by atoms with Gasteiger partial charge in [-0.3, -0.25) is 4.79 Å². The van der Waals surface area contributed by atoms with Gasteiger partial charge in [0.2, 0.25) is 0 Å². The van der Waals surface area contributed by atoms with Crippen LogP contribution < -0.4 is 0 Å². The molecule has 0 radical (unpaired) electrons. The number of allylic oxidation sites excluding steroid dienone is 2. The lowest BCUT2D eigenvalue weighted by atomic mass is 9.87. The Hall–Kier alpha value is -1.03. The van der Waals surface area contributed by atoms with E-state index in [-0.39, 0.29) is 30.0 Å². The fourth-order valence-electron chi connectivity index (χ4n) is 4.60. The Kier molecular flexibility index (Phi) is 7.35. The Labute approximate surface area is 171 Å². The van der Waals surface area contributed by atoms with Crippen LogP contribution in [-0.4, -0.2) is 75.9 Å². The lowest BCUT2D eigenvalue weighted by Crippen LogP contribution is -2.59. The van der Waals surface area contributed by atoms with Gasteiger partial charge in [0.1, 0.15) is 30.5 Å². The third-order valence-corrected chi connectivity index (χ3v) is 6.68. The molecule has 10 unspecified atom stereocenters.